The molecule has 3 heterocycles. The van der Waals surface area contributed by atoms with E-state index in [9.17, 15) is 4.79 Å². The highest BCUT2D eigenvalue weighted by Crippen LogP contribution is 2.33. The molecule has 31 heavy (non-hydrogen) atoms. The van der Waals surface area contributed by atoms with Crippen LogP contribution in [0.25, 0.3) is 0 Å². The molecule has 0 bridgehead atoms. The largest absolute Gasteiger partial charge is 0.497 e. The maximum absolute atomic E-state index is 12.7. The van der Waals surface area contributed by atoms with Crippen LogP contribution in [0.1, 0.15) is 27.6 Å². The summed E-state index contributed by atoms with van der Waals surface area (Å²) in [5, 5.41) is 11.5. The number of likely N-dealkylation sites (tertiary alicyclic amines) is 1. The maximum Gasteiger partial charge on any atom is 0.289 e. The highest BCUT2D eigenvalue weighted by atomic mass is 16.5. The molecule has 7 heteroatoms. The molecule has 3 aromatic rings. The highest BCUT2D eigenvalue weighted by Gasteiger charge is 2.39. The van der Waals surface area contributed by atoms with Gasteiger partial charge in [0.25, 0.3) is 5.91 Å². The van der Waals surface area contributed by atoms with Crippen LogP contribution >= 0.6 is 0 Å². The van der Waals surface area contributed by atoms with Crippen molar-refractivity contribution in [3.05, 3.63) is 77.4 Å². The predicted octanol–water partition coefficient (Wildman–Crippen LogP) is 2.52. The molecule has 2 unspecified atom stereocenters. The Kier molecular flexibility index (Phi) is 5.42. The van der Waals surface area contributed by atoms with Crippen LogP contribution < -0.4 is 10.1 Å². The molecule has 1 saturated heterocycles. The normalized spacial score (nSPS) is 20.2. The van der Waals surface area contributed by atoms with E-state index in [2.05, 4.69) is 32.5 Å². The van der Waals surface area contributed by atoms with Gasteiger partial charge in [-0.05, 0) is 35.1 Å². The average molecular weight is 418 g/mol. The fourth-order valence-corrected chi connectivity index (χ4v) is 4.76. The number of methoxy groups -OCH3 is 1. The minimum Gasteiger partial charge on any atom is -0.497 e. The summed E-state index contributed by atoms with van der Waals surface area (Å²) < 4.78 is 7.28. The van der Waals surface area contributed by atoms with E-state index in [0.29, 0.717) is 24.2 Å². The van der Waals surface area contributed by atoms with Gasteiger partial charge < -0.3 is 14.6 Å². The van der Waals surface area contributed by atoms with Gasteiger partial charge in [0.05, 0.1) is 7.11 Å². The Morgan fingerprint density at radius 3 is 2.55 bits per heavy atom. The van der Waals surface area contributed by atoms with Crippen molar-refractivity contribution in [3.63, 3.8) is 0 Å². The Balaban J connectivity index is 1.22. The number of ether oxygens (including phenoxy) is 1. The number of aromatic nitrogens is 3. The van der Waals surface area contributed by atoms with E-state index in [4.69, 9.17) is 4.74 Å². The molecule has 1 N–H and O–H groups in total. The molecule has 2 aliphatic rings. The van der Waals surface area contributed by atoms with Crippen molar-refractivity contribution < 1.29 is 9.53 Å². The van der Waals surface area contributed by atoms with Crippen molar-refractivity contribution in [1.29, 1.82) is 0 Å². The smallest absolute Gasteiger partial charge is 0.289 e. The molecule has 2 aliphatic heterocycles. The first-order valence-corrected chi connectivity index (χ1v) is 10.8. The van der Waals surface area contributed by atoms with Crippen molar-refractivity contribution in [1.82, 2.24) is 25.0 Å². The Bertz CT molecular complexity index is 1050. The van der Waals surface area contributed by atoms with Crippen LogP contribution in [0.5, 0.6) is 5.75 Å². The zero-order chi connectivity index (χ0) is 21.2. The predicted molar refractivity (Wildman–Crippen MR) is 117 cm³/mol. The van der Waals surface area contributed by atoms with Crippen LogP contribution in [-0.2, 0) is 26.1 Å². The zero-order valence-corrected chi connectivity index (χ0v) is 17.7. The van der Waals surface area contributed by atoms with Gasteiger partial charge in [-0.15, -0.1) is 10.2 Å². The van der Waals surface area contributed by atoms with Crippen LogP contribution in [-0.4, -0.2) is 45.8 Å². The molecular weight excluding hydrogens is 390 g/mol. The van der Waals surface area contributed by atoms with E-state index in [-0.39, 0.29) is 5.91 Å². The van der Waals surface area contributed by atoms with E-state index in [1.807, 2.05) is 47.0 Å². The van der Waals surface area contributed by atoms with Crippen LogP contribution in [0.15, 0.2) is 54.6 Å². The SMILES string of the molecule is COc1ccc(CN2CC3Cc4nnc(C(=O)NCc5ccccc5)n4CC3C2)cc1. The lowest BCUT2D eigenvalue weighted by atomic mass is 9.89. The second-order valence-electron chi connectivity index (χ2n) is 8.49. The van der Waals surface area contributed by atoms with Crippen molar-refractivity contribution in [2.45, 2.75) is 26.1 Å². The van der Waals surface area contributed by atoms with Gasteiger partial charge in [0, 0.05) is 39.1 Å². The molecule has 2 atom stereocenters. The van der Waals surface area contributed by atoms with E-state index in [0.717, 1.165) is 49.7 Å². The van der Waals surface area contributed by atoms with Gasteiger partial charge in [0.15, 0.2) is 0 Å². The summed E-state index contributed by atoms with van der Waals surface area (Å²) in [5.74, 6) is 3.16. The topological polar surface area (TPSA) is 72.3 Å². The molecule has 2 aromatic carbocycles. The number of carbonyl (C=O) groups is 1. The third kappa shape index (κ3) is 4.18. The summed E-state index contributed by atoms with van der Waals surface area (Å²) in [6.45, 7) is 4.31. The summed E-state index contributed by atoms with van der Waals surface area (Å²) in [6.07, 6.45) is 0.878. The first-order chi connectivity index (χ1) is 15.2. The van der Waals surface area contributed by atoms with E-state index in [1.165, 1.54) is 5.56 Å². The first kappa shape index (κ1) is 19.8. The fourth-order valence-electron chi connectivity index (χ4n) is 4.76. The number of hydrogen-bond acceptors (Lipinski definition) is 5. The van der Waals surface area contributed by atoms with Gasteiger partial charge in [0.2, 0.25) is 5.82 Å². The molecule has 1 fully saturated rings. The Labute approximate surface area is 182 Å². The highest BCUT2D eigenvalue weighted by molar-refractivity contribution is 5.90. The molecule has 160 valence electrons. The lowest BCUT2D eigenvalue weighted by molar-refractivity contribution is 0.0932. The number of fused-ring (bicyclic) bond motifs is 2. The Morgan fingerprint density at radius 1 is 1.00 bits per heavy atom. The van der Waals surface area contributed by atoms with Gasteiger partial charge >= 0.3 is 0 Å². The number of nitrogens with one attached hydrogen (secondary N) is 1. The third-order valence-corrected chi connectivity index (χ3v) is 6.41. The molecule has 1 amide bonds. The maximum atomic E-state index is 12.7. The van der Waals surface area contributed by atoms with Gasteiger partial charge in [-0.2, -0.15) is 0 Å². The first-order valence-electron chi connectivity index (χ1n) is 10.8. The average Bonchev–Trinajstić information content (AvgIpc) is 3.39. The fraction of sp³-hybridized carbons (Fsp3) is 0.375. The quantitative estimate of drug-likeness (QED) is 0.667. The third-order valence-electron chi connectivity index (χ3n) is 6.41. The second-order valence-corrected chi connectivity index (χ2v) is 8.49. The number of rotatable bonds is 6. The van der Waals surface area contributed by atoms with Crippen LogP contribution in [0.4, 0.5) is 0 Å². The van der Waals surface area contributed by atoms with Gasteiger partial charge in [-0.3, -0.25) is 9.69 Å². The number of benzene rings is 2. The van der Waals surface area contributed by atoms with Gasteiger partial charge in [-0.1, -0.05) is 42.5 Å². The van der Waals surface area contributed by atoms with Crippen LogP contribution in [0, 0.1) is 11.8 Å². The lowest BCUT2D eigenvalue weighted by Gasteiger charge is -2.25. The zero-order valence-electron chi connectivity index (χ0n) is 17.7. The summed E-state index contributed by atoms with van der Waals surface area (Å²) in [4.78, 5) is 15.3. The molecule has 0 aliphatic carbocycles. The lowest BCUT2D eigenvalue weighted by Crippen LogP contribution is -2.32. The second kappa shape index (κ2) is 8.51. The molecule has 0 saturated carbocycles. The molecule has 0 spiro atoms. The van der Waals surface area contributed by atoms with Crippen molar-refractivity contribution in [2.24, 2.45) is 11.8 Å². The molecular formula is C24H27N5O2. The Morgan fingerprint density at radius 2 is 1.77 bits per heavy atom. The number of carbonyl (C=O) groups excluding carboxylic acids is 1. The number of hydrogen-bond donors (Lipinski definition) is 1. The van der Waals surface area contributed by atoms with Crippen molar-refractivity contribution >= 4 is 5.91 Å². The summed E-state index contributed by atoms with van der Waals surface area (Å²) in [7, 11) is 1.69. The summed E-state index contributed by atoms with van der Waals surface area (Å²) in [5.41, 5.74) is 2.36. The van der Waals surface area contributed by atoms with Crippen LogP contribution in [0.3, 0.4) is 0 Å². The molecule has 1 aromatic heterocycles. The summed E-state index contributed by atoms with van der Waals surface area (Å²) >= 11 is 0. The minimum atomic E-state index is -0.158. The van der Waals surface area contributed by atoms with E-state index >= 15 is 0 Å². The van der Waals surface area contributed by atoms with Gasteiger partial charge in [0.1, 0.15) is 11.6 Å². The minimum absolute atomic E-state index is 0.158. The van der Waals surface area contributed by atoms with Crippen LogP contribution in [0.2, 0.25) is 0 Å². The van der Waals surface area contributed by atoms with Crippen molar-refractivity contribution in [2.75, 3.05) is 20.2 Å². The number of amides is 1. The monoisotopic (exact) mass is 417 g/mol. The van der Waals surface area contributed by atoms with Gasteiger partial charge in [-0.25, -0.2) is 0 Å². The standard InChI is InChI=1S/C24H27N5O2/c1-31-21-9-7-18(8-10-21)13-28-14-19-11-22-26-27-23(29(22)16-20(19)15-28)24(30)25-12-17-5-3-2-4-6-17/h2-10,19-20H,11-16H2,1H3,(H,25,30). The van der Waals surface area contributed by atoms with Crippen molar-refractivity contribution in [3.8, 4) is 5.75 Å². The molecule has 0 radical (unpaired) electrons. The Hall–Kier alpha value is -3.19. The van der Waals surface area contributed by atoms with E-state index < -0.39 is 0 Å². The van der Waals surface area contributed by atoms with E-state index in [1.54, 1.807) is 7.11 Å². The molecule has 5 rings (SSSR count). The number of nitrogens with zero attached hydrogens (tertiary/aromatic N) is 4. The molecule has 7 nitrogen and oxygen atoms in total. The summed E-state index contributed by atoms with van der Waals surface area (Å²) in [6, 6.07) is 18.2.